The van der Waals surface area contributed by atoms with E-state index in [9.17, 15) is 18.0 Å². The van der Waals surface area contributed by atoms with Gasteiger partial charge in [-0.1, -0.05) is 12.2 Å². The van der Waals surface area contributed by atoms with Crippen LogP contribution in [0.15, 0.2) is 28.9 Å². The molecule has 4 nitrogen and oxygen atoms in total. The quantitative estimate of drug-likeness (QED) is 0.726. The lowest BCUT2D eigenvalue weighted by molar-refractivity contribution is -0.192. The Morgan fingerprint density at radius 1 is 1.44 bits per heavy atom. The molecule has 2 rings (SSSR count). The standard InChI is InChI=1S/C9H9NO.C2HF3O2/c11-9-5-6-10-8-4-2-1-3-7(8)9;3-2(4,5)1(6)7/h1-2,4,6-7H,3,5H2;(H,6,7). The Morgan fingerprint density at radius 3 is 2.56 bits per heavy atom. The molecule has 98 valence electrons. The smallest absolute Gasteiger partial charge is 0.475 e. The summed E-state index contributed by atoms with van der Waals surface area (Å²) in [6, 6.07) is 0. The van der Waals surface area contributed by atoms with E-state index in [2.05, 4.69) is 4.99 Å². The maximum atomic E-state index is 11.3. The Kier molecular flexibility index (Phi) is 4.41. The molecule has 0 aromatic heterocycles. The fourth-order valence-corrected chi connectivity index (χ4v) is 1.43. The minimum atomic E-state index is -5.08. The van der Waals surface area contributed by atoms with Crippen LogP contribution >= 0.6 is 0 Å². The number of ketones is 1. The van der Waals surface area contributed by atoms with Crippen molar-refractivity contribution in [3.05, 3.63) is 23.9 Å². The van der Waals surface area contributed by atoms with E-state index < -0.39 is 12.1 Å². The number of fused-ring (bicyclic) bond motifs is 1. The SMILES string of the molecule is O=C(O)C(F)(F)F.O=C1CC=NC2=CC=CCC12. The number of carboxylic acid groups (broad SMARTS) is 1. The molecule has 1 N–H and O–H groups in total. The highest BCUT2D eigenvalue weighted by molar-refractivity contribution is 5.97. The largest absolute Gasteiger partial charge is 0.490 e. The first-order valence-corrected chi connectivity index (χ1v) is 5.04. The number of alkyl halides is 3. The molecule has 1 aliphatic heterocycles. The van der Waals surface area contributed by atoms with E-state index >= 15 is 0 Å². The van der Waals surface area contributed by atoms with Crippen LogP contribution in [0.2, 0.25) is 0 Å². The summed E-state index contributed by atoms with van der Waals surface area (Å²) in [6.07, 6.45) is 3.86. The topological polar surface area (TPSA) is 66.7 Å². The van der Waals surface area contributed by atoms with Crippen LogP contribution in [0.3, 0.4) is 0 Å². The highest BCUT2D eigenvalue weighted by Crippen LogP contribution is 2.25. The number of carbonyl (C=O) groups excluding carboxylic acids is 1. The number of nitrogens with zero attached hydrogens (tertiary/aromatic N) is 1. The molecule has 1 heterocycles. The molecule has 0 aromatic rings. The predicted octanol–water partition coefficient (Wildman–Crippen LogP) is 2.12. The van der Waals surface area contributed by atoms with Crippen LogP contribution in [0.5, 0.6) is 0 Å². The number of carbonyl (C=O) groups is 2. The fraction of sp³-hybridized carbons (Fsp3) is 0.364. The van der Waals surface area contributed by atoms with Gasteiger partial charge in [-0.2, -0.15) is 13.2 Å². The lowest BCUT2D eigenvalue weighted by Gasteiger charge is -2.19. The molecule has 0 saturated heterocycles. The van der Waals surface area contributed by atoms with E-state index in [1.165, 1.54) is 0 Å². The number of allylic oxidation sites excluding steroid dienone is 4. The van der Waals surface area contributed by atoms with Crippen molar-refractivity contribution in [2.45, 2.75) is 19.0 Å². The molecule has 0 spiro atoms. The molecular formula is C11H10F3NO3. The van der Waals surface area contributed by atoms with Crippen molar-refractivity contribution in [2.75, 3.05) is 0 Å². The van der Waals surface area contributed by atoms with Crippen molar-refractivity contribution in [1.29, 1.82) is 0 Å². The van der Waals surface area contributed by atoms with E-state index in [1.54, 1.807) is 6.21 Å². The van der Waals surface area contributed by atoms with E-state index in [-0.39, 0.29) is 5.92 Å². The average molecular weight is 261 g/mol. The molecule has 0 fully saturated rings. The fourth-order valence-electron chi connectivity index (χ4n) is 1.43. The minimum absolute atomic E-state index is 0.0602. The summed E-state index contributed by atoms with van der Waals surface area (Å²) in [4.78, 5) is 24.3. The Labute approximate surface area is 101 Å². The van der Waals surface area contributed by atoms with Crippen molar-refractivity contribution < 1.29 is 27.9 Å². The Hall–Kier alpha value is -1.92. The second kappa shape index (κ2) is 5.61. The van der Waals surface area contributed by atoms with Gasteiger partial charge < -0.3 is 5.11 Å². The second-order valence-electron chi connectivity index (χ2n) is 3.59. The number of aliphatic imine (C=N–C) groups is 1. The van der Waals surface area contributed by atoms with E-state index in [4.69, 9.17) is 9.90 Å². The molecule has 0 amide bonds. The Morgan fingerprint density at radius 2 is 2.06 bits per heavy atom. The van der Waals surface area contributed by atoms with Gasteiger partial charge in [-0.25, -0.2) is 4.79 Å². The summed E-state index contributed by atoms with van der Waals surface area (Å²) in [5, 5.41) is 7.12. The predicted molar refractivity (Wildman–Crippen MR) is 57.1 cm³/mol. The van der Waals surface area contributed by atoms with Gasteiger partial charge in [-0.3, -0.25) is 9.79 Å². The molecule has 1 aliphatic carbocycles. The number of aliphatic carboxylic acids is 1. The summed E-state index contributed by atoms with van der Waals surface area (Å²) in [5.41, 5.74) is 0.934. The summed E-state index contributed by atoms with van der Waals surface area (Å²) in [6.45, 7) is 0. The molecule has 0 aromatic carbocycles. The van der Waals surface area contributed by atoms with Crippen LogP contribution in [0.4, 0.5) is 13.2 Å². The zero-order chi connectivity index (χ0) is 13.8. The third kappa shape index (κ3) is 3.83. The molecule has 1 atom stereocenters. The first-order valence-electron chi connectivity index (χ1n) is 5.04. The number of hydrogen-bond donors (Lipinski definition) is 1. The van der Waals surface area contributed by atoms with Crippen molar-refractivity contribution in [2.24, 2.45) is 10.9 Å². The van der Waals surface area contributed by atoms with Gasteiger partial charge in [0.15, 0.2) is 0 Å². The van der Waals surface area contributed by atoms with Gasteiger partial charge in [0.1, 0.15) is 5.78 Å². The molecule has 0 bridgehead atoms. The number of carboxylic acids is 1. The van der Waals surface area contributed by atoms with Crippen LogP contribution in [-0.4, -0.2) is 29.2 Å². The number of hydrogen-bond acceptors (Lipinski definition) is 3. The number of halogens is 3. The van der Waals surface area contributed by atoms with E-state index in [1.807, 2.05) is 18.2 Å². The van der Waals surface area contributed by atoms with E-state index in [0.29, 0.717) is 12.2 Å². The van der Waals surface area contributed by atoms with Crippen LogP contribution < -0.4 is 0 Å². The van der Waals surface area contributed by atoms with Crippen LogP contribution in [-0.2, 0) is 9.59 Å². The van der Waals surface area contributed by atoms with Crippen molar-refractivity contribution in [3.63, 3.8) is 0 Å². The number of rotatable bonds is 0. The highest BCUT2D eigenvalue weighted by atomic mass is 19.4. The average Bonchev–Trinajstić information content (AvgIpc) is 2.29. The second-order valence-corrected chi connectivity index (χ2v) is 3.59. The summed E-state index contributed by atoms with van der Waals surface area (Å²) >= 11 is 0. The van der Waals surface area contributed by atoms with Crippen LogP contribution in [0.25, 0.3) is 0 Å². The first kappa shape index (κ1) is 14.1. The van der Waals surface area contributed by atoms with Crippen molar-refractivity contribution in [1.82, 2.24) is 0 Å². The third-order valence-electron chi connectivity index (χ3n) is 2.30. The molecule has 7 heteroatoms. The summed E-state index contributed by atoms with van der Waals surface area (Å²) < 4.78 is 31.7. The maximum Gasteiger partial charge on any atom is 0.490 e. The zero-order valence-electron chi connectivity index (χ0n) is 9.15. The maximum absolute atomic E-state index is 11.3. The molecular weight excluding hydrogens is 251 g/mol. The van der Waals surface area contributed by atoms with Crippen LogP contribution in [0, 0.1) is 5.92 Å². The summed E-state index contributed by atoms with van der Waals surface area (Å²) in [5.74, 6) is -2.40. The minimum Gasteiger partial charge on any atom is -0.475 e. The molecule has 0 radical (unpaired) electrons. The van der Waals surface area contributed by atoms with Gasteiger partial charge >= 0.3 is 12.1 Å². The molecule has 0 saturated carbocycles. The van der Waals surface area contributed by atoms with E-state index in [0.717, 1.165) is 12.1 Å². The van der Waals surface area contributed by atoms with Gasteiger partial charge in [0.05, 0.1) is 11.6 Å². The van der Waals surface area contributed by atoms with Crippen LogP contribution in [0.1, 0.15) is 12.8 Å². The third-order valence-corrected chi connectivity index (χ3v) is 2.30. The van der Waals surface area contributed by atoms with Gasteiger partial charge in [0, 0.05) is 12.6 Å². The highest BCUT2D eigenvalue weighted by Gasteiger charge is 2.38. The van der Waals surface area contributed by atoms with Gasteiger partial charge in [-0.05, 0) is 12.5 Å². The van der Waals surface area contributed by atoms with Crippen molar-refractivity contribution in [3.8, 4) is 0 Å². The monoisotopic (exact) mass is 261 g/mol. The number of Topliss-reactive ketones (excluding diaryl/α,β-unsaturated/α-hetero) is 1. The lowest BCUT2D eigenvalue weighted by Crippen LogP contribution is -2.21. The normalized spacial score (nSPS) is 21.6. The lowest BCUT2D eigenvalue weighted by atomic mass is 9.90. The Balaban J connectivity index is 0.000000203. The molecule has 2 aliphatic rings. The zero-order valence-corrected chi connectivity index (χ0v) is 9.15. The summed E-state index contributed by atoms with van der Waals surface area (Å²) in [7, 11) is 0. The van der Waals surface area contributed by atoms with Gasteiger partial charge in [-0.15, -0.1) is 0 Å². The molecule has 18 heavy (non-hydrogen) atoms. The molecule has 1 unspecified atom stereocenters. The first-order chi connectivity index (χ1) is 8.32. The van der Waals surface area contributed by atoms with Gasteiger partial charge in [0.2, 0.25) is 0 Å². The van der Waals surface area contributed by atoms with Crippen molar-refractivity contribution >= 4 is 18.0 Å². The van der Waals surface area contributed by atoms with Gasteiger partial charge in [0.25, 0.3) is 0 Å². The Bertz CT molecular complexity index is 435.